The van der Waals surface area contributed by atoms with Crippen molar-refractivity contribution in [2.75, 3.05) is 6.54 Å². The van der Waals surface area contributed by atoms with Crippen LogP contribution >= 0.6 is 11.6 Å². The molecule has 3 aromatic rings. The lowest BCUT2D eigenvalue weighted by Gasteiger charge is -2.07. The van der Waals surface area contributed by atoms with Crippen molar-refractivity contribution in [3.05, 3.63) is 64.8 Å². The number of nitrogens with one attached hydrogen (secondary N) is 2. The van der Waals surface area contributed by atoms with Crippen molar-refractivity contribution in [2.24, 2.45) is 0 Å². The maximum absolute atomic E-state index is 12.3. The average Bonchev–Trinajstić information content (AvgIpc) is 2.89. The summed E-state index contributed by atoms with van der Waals surface area (Å²) in [5, 5.41) is 1.73. The summed E-state index contributed by atoms with van der Waals surface area (Å²) in [4.78, 5) is 3.45. The van der Waals surface area contributed by atoms with Crippen LogP contribution in [0.2, 0.25) is 5.02 Å². The average molecular weight is 349 g/mol. The first kappa shape index (κ1) is 16.1. The maximum Gasteiger partial charge on any atom is 0.240 e. The highest BCUT2D eigenvalue weighted by Gasteiger charge is 2.13. The highest BCUT2D eigenvalue weighted by Crippen LogP contribution is 2.22. The van der Waals surface area contributed by atoms with Gasteiger partial charge in [0, 0.05) is 28.7 Å². The molecule has 0 amide bonds. The molecule has 6 heteroatoms. The van der Waals surface area contributed by atoms with E-state index in [4.69, 9.17) is 11.6 Å². The van der Waals surface area contributed by atoms with E-state index in [9.17, 15) is 8.42 Å². The lowest BCUT2D eigenvalue weighted by molar-refractivity contribution is 0.581. The van der Waals surface area contributed by atoms with Gasteiger partial charge in [0.15, 0.2) is 0 Å². The summed E-state index contributed by atoms with van der Waals surface area (Å²) >= 11 is 5.96. The van der Waals surface area contributed by atoms with Crippen LogP contribution in [-0.2, 0) is 16.4 Å². The molecule has 0 bridgehead atoms. The third kappa shape index (κ3) is 3.58. The molecule has 0 saturated heterocycles. The van der Waals surface area contributed by atoms with Gasteiger partial charge in [-0.05, 0) is 48.7 Å². The third-order valence-corrected chi connectivity index (χ3v) is 5.41. The predicted octanol–water partition coefficient (Wildman–Crippen LogP) is 3.65. The van der Waals surface area contributed by atoms with Gasteiger partial charge in [0.1, 0.15) is 0 Å². The first-order valence-electron chi connectivity index (χ1n) is 7.27. The molecule has 0 atom stereocenters. The molecule has 0 saturated carbocycles. The fraction of sp³-hybridized carbons (Fsp3) is 0.176. The van der Waals surface area contributed by atoms with Crippen molar-refractivity contribution in [1.82, 2.24) is 9.71 Å². The number of halogens is 1. The standard InChI is InChI=1S/C17H17ClN2O2S/c1-12-3-2-4-15(9-12)23(21,22)20-8-7-13-11-19-17-10-14(18)5-6-16(13)17/h2-6,9-11,19-20H,7-8H2,1H3. The van der Waals surface area contributed by atoms with Crippen LogP contribution in [0, 0.1) is 6.92 Å². The van der Waals surface area contributed by atoms with E-state index < -0.39 is 10.0 Å². The zero-order valence-electron chi connectivity index (χ0n) is 12.6. The van der Waals surface area contributed by atoms with Gasteiger partial charge >= 0.3 is 0 Å². The molecule has 0 radical (unpaired) electrons. The van der Waals surface area contributed by atoms with Crippen LogP contribution in [0.4, 0.5) is 0 Å². The third-order valence-electron chi connectivity index (χ3n) is 3.72. The Morgan fingerprint density at radius 2 is 2.00 bits per heavy atom. The summed E-state index contributed by atoms with van der Waals surface area (Å²) in [7, 11) is -3.48. The summed E-state index contributed by atoms with van der Waals surface area (Å²) in [6.07, 6.45) is 2.49. The Morgan fingerprint density at radius 3 is 2.78 bits per heavy atom. The predicted molar refractivity (Wildman–Crippen MR) is 93.4 cm³/mol. The van der Waals surface area contributed by atoms with Crippen LogP contribution in [0.15, 0.2) is 53.6 Å². The Labute approximate surface area is 140 Å². The minimum atomic E-state index is -3.48. The summed E-state index contributed by atoms with van der Waals surface area (Å²) in [6, 6.07) is 12.5. The summed E-state index contributed by atoms with van der Waals surface area (Å²) in [5.41, 5.74) is 2.93. The summed E-state index contributed by atoms with van der Waals surface area (Å²) < 4.78 is 27.2. The SMILES string of the molecule is Cc1cccc(S(=O)(=O)NCCc2c[nH]c3cc(Cl)ccc23)c1. The number of H-pyrrole nitrogens is 1. The molecule has 0 aliphatic heterocycles. The van der Waals surface area contributed by atoms with Crippen LogP contribution in [0.5, 0.6) is 0 Å². The van der Waals surface area contributed by atoms with Crippen LogP contribution in [0.25, 0.3) is 10.9 Å². The highest BCUT2D eigenvalue weighted by atomic mass is 35.5. The van der Waals surface area contributed by atoms with E-state index in [0.717, 1.165) is 22.0 Å². The molecule has 4 nitrogen and oxygen atoms in total. The highest BCUT2D eigenvalue weighted by molar-refractivity contribution is 7.89. The molecule has 0 unspecified atom stereocenters. The van der Waals surface area contributed by atoms with Gasteiger partial charge in [-0.25, -0.2) is 13.1 Å². The molecule has 0 fully saturated rings. The van der Waals surface area contributed by atoms with E-state index in [0.29, 0.717) is 22.9 Å². The Bertz CT molecular complexity index is 948. The van der Waals surface area contributed by atoms with Crippen molar-refractivity contribution >= 4 is 32.5 Å². The second-order valence-electron chi connectivity index (χ2n) is 5.47. The number of aromatic amines is 1. The van der Waals surface area contributed by atoms with Gasteiger partial charge < -0.3 is 4.98 Å². The second-order valence-corrected chi connectivity index (χ2v) is 7.67. The number of rotatable bonds is 5. The second kappa shape index (κ2) is 6.35. The lowest BCUT2D eigenvalue weighted by Crippen LogP contribution is -2.26. The lowest BCUT2D eigenvalue weighted by atomic mass is 10.1. The van der Waals surface area contributed by atoms with E-state index in [1.807, 2.05) is 37.4 Å². The number of sulfonamides is 1. The molecule has 23 heavy (non-hydrogen) atoms. The molecule has 1 heterocycles. The van der Waals surface area contributed by atoms with Gasteiger partial charge in [-0.15, -0.1) is 0 Å². The summed E-state index contributed by atoms with van der Waals surface area (Å²) in [6.45, 7) is 2.21. The maximum atomic E-state index is 12.3. The van der Waals surface area contributed by atoms with Gasteiger partial charge in [-0.1, -0.05) is 29.8 Å². The van der Waals surface area contributed by atoms with E-state index in [2.05, 4.69) is 9.71 Å². The van der Waals surface area contributed by atoms with E-state index >= 15 is 0 Å². The zero-order chi connectivity index (χ0) is 16.4. The molecule has 120 valence electrons. The molecular formula is C17H17ClN2O2S. The summed E-state index contributed by atoms with van der Waals surface area (Å²) in [5.74, 6) is 0. The van der Waals surface area contributed by atoms with Gasteiger partial charge in [-0.3, -0.25) is 0 Å². The number of benzene rings is 2. The fourth-order valence-electron chi connectivity index (χ4n) is 2.55. The molecule has 3 rings (SSSR count). The van der Waals surface area contributed by atoms with Gasteiger partial charge in [0.2, 0.25) is 10.0 Å². The first-order chi connectivity index (χ1) is 11.0. The minimum Gasteiger partial charge on any atom is -0.361 e. The zero-order valence-corrected chi connectivity index (χ0v) is 14.2. The van der Waals surface area contributed by atoms with Crippen molar-refractivity contribution in [3.63, 3.8) is 0 Å². The van der Waals surface area contributed by atoms with E-state index in [1.165, 1.54) is 0 Å². The number of fused-ring (bicyclic) bond motifs is 1. The Kier molecular flexibility index (Phi) is 4.43. The smallest absolute Gasteiger partial charge is 0.240 e. The molecule has 2 N–H and O–H groups in total. The fourth-order valence-corrected chi connectivity index (χ4v) is 3.86. The minimum absolute atomic E-state index is 0.295. The Hall–Kier alpha value is -1.82. The van der Waals surface area contributed by atoms with Crippen molar-refractivity contribution in [1.29, 1.82) is 0 Å². The largest absolute Gasteiger partial charge is 0.361 e. The van der Waals surface area contributed by atoms with Crippen LogP contribution in [0.3, 0.4) is 0 Å². The number of aryl methyl sites for hydroxylation is 1. The number of aromatic nitrogens is 1. The van der Waals surface area contributed by atoms with E-state index in [1.54, 1.807) is 18.2 Å². The van der Waals surface area contributed by atoms with Crippen molar-refractivity contribution < 1.29 is 8.42 Å². The normalized spacial score (nSPS) is 11.9. The van der Waals surface area contributed by atoms with Gasteiger partial charge in [0.05, 0.1) is 4.90 Å². The Balaban J connectivity index is 1.71. The first-order valence-corrected chi connectivity index (χ1v) is 9.14. The van der Waals surface area contributed by atoms with Crippen LogP contribution in [-0.4, -0.2) is 19.9 Å². The topological polar surface area (TPSA) is 62.0 Å². The number of hydrogen-bond donors (Lipinski definition) is 2. The van der Waals surface area contributed by atoms with Crippen LogP contribution < -0.4 is 4.72 Å². The molecule has 0 spiro atoms. The van der Waals surface area contributed by atoms with Crippen LogP contribution in [0.1, 0.15) is 11.1 Å². The monoisotopic (exact) mass is 348 g/mol. The van der Waals surface area contributed by atoms with Crippen molar-refractivity contribution in [2.45, 2.75) is 18.2 Å². The van der Waals surface area contributed by atoms with Crippen molar-refractivity contribution in [3.8, 4) is 0 Å². The van der Waals surface area contributed by atoms with Gasteiger partial charge in [0.25, 0.3) is 0 Å². The van der Waals surface area contributed by atoms with E-state index in [-0.39, 0.29) is 0 Å². The molecule has 1 aromatic heterocycles. The molecular weight excluding hydrogens is 332 g/mol. The van der Waals surface area contributed by atoms with Gasteiger partial charge in [-0.2, -0.15) is 0 Å². The molecule has 2 aromatic carbocycles. The molecule has 0 aliphatic rings. The molecule has 0 aliphatic carbocycles. The Morgan fingerprint density at radius 1 is 1.17 bits per heavy atom. The quantitative estimate of drug-likeness (QED) is 0.739. The number of hydrogen-bond acceptors (Lipinski definition) is 2.